The lowest BCUT2D eigenvalue weighted by Gasteiger charge is -2.08. The number of unbranched alkanes of at least 4 members (excludes halogenated alkanes) is 1. The molecule has 1 aromatic heterocycles. The van der Waals surface area contributed by atoms with Crippen LogP contribution in [-0.4, -0.2) is 28.7 Å². The quantitative estimate of drug-likeness (QED) is 0.363. The highest BCUT2D eigenvalue weighted by atomic mass is 32.2. The molecule has 1 amide bonds. The van der Waals surface area contributed by atoms with Gasteiger partial charge in [-0.25, -0.2) is 9.97 Å². The lowest BCUT2D eigenvalue weighted by Crippen LogP contribution is -2.14. The molecule has 30 heavy (non-hydrogen) atoms. The van der Waals surface area contributed by atoms with E-state index in [0.29, 0.717) is 5.82 Å². The first kappa shape index (κ1) is 21.8. The van der Waals surface area contributed by atoms with Crippen molar-refractivity contribution in [3.8, 4) is 17.1 Å². The van der Waals surface area contributed by atoms with Gasteiger partial charge in [0, 0.05) is 16.9 Å². The number of hydrogen-bond donors (Lipinski definition) is 1. The minimum atomic E-state index is -0.0522. The summed E-state index contributed by atoms with van der Waals surface area (Å²) in [6, 6.07) is 17.6. The zero-order valence-corrected chi connectivity index (χ0v) is 18.5. The summed E-state index contributed by atoms with van der Waals surface area (Å²) in [6.45, 7) is 4.12. The Morgan fingerprint density at radius 3 is 2.47 bits per heavy atom. The molecule has 3 rings (SSSR count). The van der Waals surface area contributed by atoms with Crippen molar-refractivity contribution in [3.05, 3.63) is 65.9 Å². The largest absolute Gasteiger partial charge is 0.497 e. The van der Waals surface area contributed by atoms with Crippen LogP contribution in [0.5, 0.6) is 5.75 Å². The number of nitrogens with zero attached hydrogens (tertiary/aromatic N) is 2. The third-order valence-electron chi connectivity index (χ3n) is 4.59. The van der Waals surface area contributed by atoms with Crippen LogP contribution in [0.3, 0.4) is 0 Å². The van der Waals surface area contributed by atoms with E-state index in [1.165, 1.54) is 30.2 Å². The average Bonchev–Trinajstić information content (AvgIpc) is 2.77. The van der Waals surface area contributed by atoms with Gasteiger partial charge in [-0.2, -0.15) is 0 Å². The molecule has 3 aromatic rings. The molecular formula is C24H27N3O2S. The van der Waals surface area contributed by atoms with Crippen molar-refractivity contribution in [1.29, 1.82) is 0 Å². The van der Waals surface area contributed by atoms with E-state index in [1.807, 2.05) is 49.4 Å². The number of aryl methyl sites for hydroxylation is 2. The fourth-order valence-electron chi connectivity index (χ4n) is 2.96. The minimum Gasteiger partial charge on any atom is -0.497 e. The van der Waals surface area contributed by atoms with Crippen molar-refractivity contribution < 1.29 is 9.53 Å². The molecule has 0 spiro atoms. The summed E-state index contributed by atoms with van der Waals surface area (Å²) in [5, 5.41) is 3.73. The molecule has 0 aliphatic rings. The van der Waals surface area contributed by atoms with Gasteiger partial charge in [0.25, 0.3) is 0 Å². The van der Waals surface area contributed by atoms with Crippen LogP contribution in [0.25, 0.3) is 11.4 Å². The van der Waals surface area contributed by atoms with Crippen molar-refractivity contribution in [2.75, 3.05) is 18.2 Å². The number of nitrogens with one attached hydrogen (secondary N) is 1. The summed E-state index contributed by atoms with van der Waals surface area (Å²) in [4.78, 5) is 21.5. The fraction of sp³-hybridized carbons (Fsp3) is 0.292. The molecule has 2 aromatic carbocycles. The molecule has 6 heteroatoms. The van der Waals surface area contributed by atoms with Gasteiger partial charge in [0.2, 0.25) is 5.91 Å². The number of benzene rings is 2. The average molecular weight is 422 g/mol. The number of amides is 1. The number of rotatable bonds is 9. The lowest BCUT2D eigenvalue weighted by molar-refractivity contribution is -0.113. The SMILES string of the molecule is CCCCc1ccc(NC(=O)CSc2cc(C)nc(-c3ccc(OC)cc3)n2)cc1. The Balaban J connectivity index is 1.59. The molecule has 1 N–H and O–H groups in total. The smallest absolute Gasteiger partial charge is 0.234 e. The Morgan fingerprint density at radius 2 is 1.80 bits per heavy atom. The van der Waals surface area contributed by atoms with Crippen LogP contribution in [0.4, 0.5) is 5.69 Å². The van der Waals surface area contributed by atoms with Crippen molar-refractivity contribution in [3.63, 3.8) is 0 Å². The molecule has 0 aliphatic heterocycles. The van der Waals surface area contributed by atoms with Gasteiger partial charge < -0.3 is 10.1 Å². The fourth-order valence-corrected chi connectivity index (χ4v) is 3.71. The van der Waals surface area contributed by atoms with Gasteiger partial charge in [-0.15, -0.1) is 0 Å². The molecule has 0 radical (unpaired) electrons. The van der Waals surface area contributed by atoms with Crippen molar-refractivity contribution >= 4 is 23.4 Å². The maximum atomic E-state index is 12.4. The predicted octanol–water partition coefficient (Wildman–Crippen LogP) is 5.53. The molecular weight excluding hydrogens is 394 g/mol. The number of carbonyl (C=O) groups is 1. The first-order chi connectivity index (χ1) is 14.6. The zero-order chi connectivity index (χ0) is 21.3. The van der Waals surface area contributed by atoms with Crippen LogP contribution in [0.2, 0.25) is 0 Å². The molecule has 0 fully saturated rings. The summed E-state index contributed by atoms with van der Waals surface area (Å²) in [7, 11) is 1.64. The predicted molar refractivity (Wildman–Crippen MR) is 123 cm³/mol. The maximum Gasteiger partial charge on any atom is 0.234 e. The maximum absolute atomic E-state index is 12.4. The zero-order valence-electron chi connectivity index (χ0n) is 17.6. The summed E-state index contributed by atoms with van der Waals surface area (Å²) in [5.41, 5.74) is 3.89. The van der Waals surface area contributed by atoms with E-state index < -0.39 is 0 Å². The highest BCUT2D eigenvalue weighted by Gasteiger charge is 2.09. The molecule has 5 nitrogen and oxygen atoms in total. The first-order valence-corrected chi connectivity index (χ1v) is 11.1. The number of aromatic nitrogens is 2. The van der Waals surface area contributed by atoms with Crippen LogP contribution in [-0.2, 0) is 11.2 Å². The van der Waals surface area contributed by atoms with Gasteiger partial charge >= 0.3 is 0 Å². The number of carbonyl (C=O) groups excluding carboxylic acids is 1. The monoisotopic (exact) mass is 421 g/mol. The summed E-state index contributed by atoms with van der Waals surface area (Å²) < 4.78 is 5.20. The number of thioether (sulfide) groups is 1. The molecule has 1 heterocycles. The third-order valence-corrected chi connectivity index (χ3v) is 5.50. The Hall–Kier alpha value is -2.86. The molecule has 156 valence electrons. The van der Waals surface area contributed by atoms with Crippen LogP contribution in [0, 0.1) is 6.92 Å². The molecule has 0 unspecified atom stereocenters. The Bertz CT molecular complexity index is 973. The van der Waals surface area contributed by atoms with E-state index in [4.69, 9.17) is 4.74 Å². The normalized spacial score (nSPS) is 10.6. The van der Waals surface area contributed by atoms with Crippen LogP contribution in [0.15, 0.2) is 59.6 Å². The number of anilines is 1. The van der Waals surface area contributed by atoms with Crippen molar-refractivity contribution in [1.82, 2.24) is 9.97 Å². The Labute approximate surface area is 182 Å². The lowest BCUT2D eigenvalue weighted by atomic mass is 10.1. The van der Waals surface area contributed by atoms with Crippen molar-refractivity contribution in [2.45, 2.75) is 38.1 Å². The van der Waals surface area contributed by atoms with Gasteiger partial charge in [-0.05, 0) is 67.8 Å². The van der Waals surface area contributed by atoms with Crippen LogP contribution in [0.1, 0.15) is 31.0 Å². The number of hydrogen-bond acceptors (Lipinski definition) is 5. The standard InChI is InChI=1S/C24H27N3O2S/c1-4-5-6-18-7-11-20(12-8-18)26-22(28)16-30-23-15-17(2)25-24(27-23)19-9-13-21(29-3)14-10-19/h7-15H,4-6,16H2,1-3H3,(H,26,28). The van der Waals surface area contributed by atoms with Gasteiger partial charge in [-0.1, -0.05) is 37.2 Å². The highest BCUT2D eigenvalue weighted by molar-refractivity contribution is 7.99. The van der Waals surface area contributed by atoms with Crippen LogP contribution >= 0.6 is 11.8 Å². The van der Waals surface area contributed by atoms with Crippen LogP contribution < -0.4 is 10.1 Å². The molecule has 0 saturated carbocycles. The van der Waals surface area contributed by atoms with E-state index >= 15 is 0 Å². The molecule has 0 saturated heterocycles. The van der Waals surface area contributed by atoms with E-state index in [0.717, 1.165) is 34.1 Å². The van der Waals surface area contributed by atoms with E-state index in [1.54, 1.807) is 7.11 Å². The summed E-state index contributed by atoms with van der Waals surface area (Å²) in [6.07, 6.45) is 3.43. The van der Waals surface area contributed by atoms with Gasteiger partial charge in [0.1, 0.15) is 10.8 Å². The molecule has 0 aliphatic carbocycles. The number of ether oxygens (including phenoxy) is 1. The second-order valence-electron chi connectivity index (χ2n) is 7.04. The van der Waals surface area contributed by atoms with Gasteiger partial charge in [0.15, 0.2) is 5.82 Å². The summed E-state index contributed by atoms with van der Waals surface area (Å²) in [5.74, 6) is 1.67. The second kappa shape index (κ2) is 10.8. The Kier molecular flexibility index (Phi) is 7.85. The Morgan fingerprint density at radius 1 is 1.07 bits per heavy atom. The van der Waals surface area contributed by atoms with E-state index in [9.17, 15) is 4.79 Å². The van der Waals surface area contributed by atoms with Gasteiger partial charge in [-0.3, -0.25) is 4.79 Å². The van der Waals surface area contributed by atoms with E-state index in [-0.39, 0.29) is 11.7 Å². The summed E-state index contributed by atoms with van der Waals surface area (Å²) >= 11 is 1.40. The highest BCUT2D eigenvalue weighted by Crippen LogP contribution is 2.23. The molecule has 0 atom stereocenters. The number of methoxy groups -OCH3 is 1. The van der Waals surface area contributed by atoms with Gasteiger partial charge in [0.05, 0.1) is 12.9 Å². The third kappa shape index (κ3) is 6.32. The van der Waals surface area contributed by atoms with E-state index in [2.05, 4.69) is 34.3 Å². The van der Waals surface area contributed by atoms with Crippen molar-refractivity contribution in [2.24, 2.45) is 0 Å². The first-order valence-electron chi connectivity index (χ1n) is 10.1. The molecule has 0 bridgehead atoms. The topological polar surface area (TPSA) is 64.1 Å². The minimum absolute atomic E-state index is 0.0522. The second-order valence-corrected chi connectivity index (χ2v) is 8.03.